The molecule has 1 unspecified atom stereocenters. The first-order valence-electron chi connectivity index (χ1n) is 12.2. The van der Waals surface area contributed by atoms with E-state index in [2.05, 4.69) is 10.2 Å². The van der Waals surface area contributed by atoms with Gasteiger partial charge in [-0.3, -0.25) is 4.79 Å². The van der Waals surface area contributed by atoms with E-state index in [1.165, 1.54) is 0 Å². The Morgan fingerprint density at radius 2 is 1.61 bits per heavy atom. The van der Waals surface area contributed by atoms with Gasteiger partial charge in [-0.1, -0.05) is 48.5 Å². The molecular weight excluding hydrogens is 414 g/mol. The van der Waals surface area contributed by atoms with E-state index in [1.54, 1.807) is 0 Å². The van der Waals surface area contributed by atoms with Gasteiger partial charge in [0.15, 0.2) is 0 Å². The average molecular weight is 448 g/mol. The van der Waals surface area contributed by atoms with Crippen LogP contribution in [-0.4, -0.2) is 59.1 Å². The summed E-state index contributed by atoms with van der Waals surface area (Å²) < 4.78 is 6.33. The Morgan fingerprint density at radius 1 is 0.939 bits per heavy atom. The molecule has 1 spiro atoms. The first kappa shape index (κ1) is 22.0. The number of ether oxygens (including phenoxy) is 1. The zero-order valence-corrected chi connectivity index (χ0v) is 19.1. The van der Waals surface area contributed by atoms with Crippen LogP contribution in [0.4, 0.5) is 4.79 Å². The fourth-order valence-electron chi connectivity index (χ4n) is 5.30. The fourth-order valence-corrected chi connectivity index (χ4v) is 5.30. The first-order chi connectivity index (χ1) is 16.1. The van der Waals surface area contributed by atoms with Crippen molar-refractivity contribution in [1.29, 1.82) is 0 Å². The summed E-state index contributed by atoms with van der Waals surface area (Å²) in [5.74, 6) is 0.151. The standard InChI is InChI=1S/C27H33N3O3/c31-25(22-9-5-2-6-10-22)30(23-11-12-23)24-13-18-33-27(19-24)14-16-29(17-15-27)26(32)28-20-21-7-3-1-4-8-21/h1-10,23-24H,11-20H2,(H,28,32). The van der Waals surface area contributed by atoms with E-state index >= 15 is 0 Å². The van der Waals surface area contributed by atoms with Crippen molar-refractivity contribution >= 4 is 11.9 Å². The molecule has 5 rings (SSSR count). The molecule has 3 aliphatic rings. The van der Waals surface area contributed by atoms with Crippen LogP contribution >= 0.6 is 0 Å². The Kier molecular flexibility index (Phi) is 6.36. The Balaban J connectivity index is 1.19. The normalized spacial score (nSPS) is 22.1. The number of hydrogen-bond donors (Lipinski definition) is 1. The van der Waals surface area contributed by atoms with Gasteiger partial charge in [0.05, 0.1) is 5.60 Å². The maximum atomic E-state index is 13.4. The molecule has 1 atom stereocenters. The van der Waals surface area contributed by atoms with Gasteiger partial charge in [-0.2, -0.15) is 0 Å². The van der Waals surface area contributed by atoms with Gasteiger partial charge in [0.2, 0.25) is 0 Å². The molecule has 2 aromatic rings. The number of carbonyl (C=O) groups excluding carboxylic acids is 2. The molecule has 0 aromatic heterocycles. The highest BCUT2D eigenvalue weighted by molar-refractivity contribution is 5.94. The van der Waals surface area contributed by atoms with E-state index in [4.69, 9.17) is 4.74 Å². The van der Waals surface area contributed by atoms with Crippen LogP contribution in [0.15, 0.2) is 60.7 Å². The summed E-state index contributed by atoms with van der Waals surface area (Å²) in [7, 11) is 0. The Morgan fingerprint density at radius 3 is 2.27 bits per heavy atom. The maximum absolute atomic E-state index is 13.4. The van der Waals surface area contributed by atoms with Gasteiger partial charge >= 0.3 is 6.03 Å². The van der Waals surface area contributed by atoms with E-state index < -0.39 is 0 Å². The number of rotatable bonds is 5. The highest BCUT2D eigenvalue weighted by Crippen LogP contribution is 2.40. The highest BCUT2D eigenvalue weighted by Gasteiger charge is 2.46. The van der Waals surface area contributed by atoms with Crippen LogP contribution in [0.5, 0.6) is 0 Å². The number of nitrogens with zero attached hydrogens (tertiary/aromatic N) is 2. The van der Waals surface area contributed by atoms with E-state index in [9.17, 15) is 9.59 Å². The van der Waals surface area contributed by atoms with Crippen molar-refractivity contribution in [3.63, 3.8) is 0 Å². The summed E-state index contributed by atoms with van der Waals surface area (Å²) in [6.07, 6.45) is 5.58. The van der Waals surface area contributed by atoms with Gasteiger partial charge in [-0.25, -0.2) is 4.79 Å². The van der Waals surface area contributed by atoms with Crippen molar-refractivity contribution in [1.82, 2.24) is 15.1 Å². The number of urea groups is 1. The van der Waals surface area contributed by atoms with Crippen molar-refractivity contribution in [3.05, 3.63) is 71.8 Å². The maximum Gasteiger partial charge on any atom is 0.317 e. The molecule has 3 fully saturated rings. The fraction of sp³-hybridized carbons (Fsp3) is 0.481. The minimum atomic E-state index is -0.233. The van der Waals surface area contributed by atoms with Crippen molar-refractivity contribution in [2.45, 2.75) is 62.8 Å². The smallest absolute Gasteiger partial charge is 0.317 e. The van der Waals surface area contributed by atoms with Crippen LogP contribution in [-0.2, 0) is 11.3 Å². The molecule has 0 radical (unpaired) electrons. The quantitative estimate of drug-likeness (QED) is 0.747. The molecule has 1 saturated carbocycles. The third-order valence-electron chi connectivity index (χ3n) is 7.30. The second-order valence-electron chi connectivity index (χ2n) is 9.62. The van der Waals surface area contributed by atoms with Gasteiger partial charge in [0.25, 0.3) is 5.91 Å². The molecule has 2 heterocycles. The van der Waals surface area contributed by atoms with Gasteiger partial charge in [-0.15, -0.1) is 0 Å². The predicted molar refractivity (Wildman–Crippen MR) is 127 cm³/mol. The van der Waals surface area contributed by atoms with E-state index in [-0.39, 0.29) is 23.6 Å². The molecule has 1 aliphatic carbocycles. The molecule has 3 amide bonds. The summed E-state index contributed by atoms with van der Waals surface area (Å²) in [6, 6.07) is 20.2. The topological polar surface area (TPSA) is 61.9 Å². The number of hydrogen-bond acceptors (Lipinski definition) is 3. The van der Waals surface area contributed by atoms with E-state index in [0.717, 1.165) is 49.7 Å². The molecule has 6 heteroatoms. The third kappa shape index (κ3) is 5.06. The average Bonchev–Trinajstić information content (AvgIpc) is 3.70. The minimum absolute atomic E-state index is 0.0140. The van der Waals surface area contributed by atoms with Crippen molar-refractivity contribution in [2.75, 3.05) is 19.7 Å². The molecule has 2 saturated heterocycles. The summed E-state index contributed by atoms with van der Waals surface area (Å²) >= 11 is 0. The summed E-state index contributed by atoms with van der Waals surface area (Å²) in [6.45, 7) is 2.58. The number of likely N-dealkylation sites (tertiary alicyclic amines) is 1. The van der Waals surface area contributed by atoms with Crippen LogP contribution in [0.1, 0.15) is 54.4 Å². The molecule has 2 aliphatic heterocycles. The van der Waals surface area contributed by atoms with E-state index in [0.29, 0.717) is 32.3 Å². The monoisotopic (exact) mass is 447 g/mol. The van der Waals surface area contributed by atoms with Crippen LogP contribution in [0.2, 0.25) is 0 Å². The first-order valence-corrected chi connectivity index (χ1v) is 12.2. The number of nitrogens with one attached hydrogen (secondary N) is 1. The lowest BCUT2D eigenvalue weighted by molar-refractivity contribution is -0.126. The zero-order chi connectivity index (χ0) is 22.7. The second-order valence-corrected chi connectivity index (χ2v) is 9.62. The molecule has 174 valence electrons. The third-order valence-corrected chi connectivity index (χ3v) is 7.30. The SMILES string of the molecule is O=C(NCc1ccccc1)N1CCC2(CC1)CC(N(C(=O)c1ccccc1)C1CC1)CCO2. The lowest BCUT2D eigenvalue weighted by Crippen LogP contribution is -2.56. The van der Waals surface area contributed by atoms with E-state index in [1.807, 2.05) is 65.6 Å². The number of amides is 3. The van der Waals surface area contributed by atoms with Crippen LogP contribution in [0, 0.1) is 0 Å². The van der Waals surface area contributed by atoms with Gasteiger partial charge in [-0.05, 0) is 56.2 Å². The number of benzene rings is 2. The Labute approximate surface area is 195 Å². The highest BCUT2D eigenvalue weighted by atomic mass is 16.5. The van der Waals surface area contributed by atoms with Gasteiger partial charge < -0.3 is 19.9 Å². The molecular formula is C27H33N3O3. The molecule has 6 nitrogen and oxygen atoms in total. The van der Waals surface area contributed by atoms with Crippen molar-refractivity contribution in [2.24, 2.45) is 0 Å². The Hall–Kier alpha value is -2.86. The van der Waals surface area contributed by atoms with Crippen LogP contribution in [0.25, 0.3) is 0 Å². The predicted octanol–water partition coefficient (Wildman–Crippen LogP) is 4.21. The lowest BCUT2D eigenvalue weighted by Gasteiger charge is -2.48. The zero-order valence-electron chi connectivity index (χ0n) is 19.1. The summed E-state index contributed by atoms with van der Waals surface area (Å²) in [5, 5.41) is 3.04. The molecule has 1 N–H and O–H groups in total. The summed E-state index contributed by atoms with van der Waals surface area (Å²) in [4.78, 5) is 30.1. The van der Waals surface area contributed by atoms with Crippen molar-refractivity contribution < 1.29 is 14.3 Å². The van der Waals surface area contributed by atoms with Gasteiger partial charge in [0, 0.05) is 43.9 Å². The van der Waals surface area contributed by atoms with Crippen LogP contribution in [0.3, 0.4) is 0 Å². The lowest BCUT2D eigenvalue weighted by atomic mass is 9.81. The van der Waals surface area contributed by atoms with Crippen molar-refractivity contribution in [3.8, 4) is 0 Å². The van der Waals surface area contributed by atoms with Crippen LogP contribution < -0.4 is 5.32 Å². The minimum Gasteiger partial charge on any atom is -0.375 e. The summed E-state index contributed by atoms with van der Waals surface area (Å²) in [5.41, 5.74) is 1.64. The Bertz CT molecular complexity index is 953. The number of carbonyl (C=O) groups is 2. The molecule has 2 aromatic carbocycles. The molecule has 33 heavy (non-hydrogen) atoms. The number of piperidine rings is 1. The second kappa shape index (κ2) is 9.56. The largest absolute Gasteiger partial charge is 0.375 e. The molecule has 0 bridgehead atoms. The van der Waals surface area contributed by atoms with Gasteiger partial charge in [0.1, 0.15) is 0 Å².